The first-order valence-electron chi connectivity index (χ1n) is 7.48. The van der Waals surface area contributed by atoms with Crippen LogP contribution in [0, 0.1) is 0 Å². The van der Waals surface area contributed by atoms with Gasteiger partial charge in [0.1, 0.15) is 12.7 Å². The molecule has 4 aromatic rings. The number of rotatable bonds is 3. The van der Waals surface area contributed by atoms with E-state index in [1.807, 2.05) is 36.7 Å². The number of aromatic nitrogens is 5. The number of hydrogen-bond donors (Lipinski definition) is 0. The number of pyridine rings is 2. The molecule has 0 aliphatic carbocycles. The maximum atomic E-state index is 4.27. The first-order valence-corrected chi connectivity index (χ1v) is 7.48. The average molecular weight is 311 g/mol. The molecule has 0 bridgehead atoms. The van der Waals surface area contributed by atoms with E-state index in [0.717, 1.165) is 27.8 Å². The zero-order valence-corrected chi connectivity index (χ0v) is 12.7. The molecule has 3 aromatic heterocycles. The van der Waals surface area contributed by atoms with Gasteiger partial charge in [0, 0.05) is 41.5 Å². The van der Waals surface area contributed by atoms with Gasteiger partial charge < -0.3 is 0 Å². The molecule has 5 heteroatoms. The third-order valence-electron chi connectivity index (χ3n) is 3.67. The van der Waals surface area contributed by atoms with Gasteiger partial charge in [-0.2, -0.15) is 0 Å². The van der Waals surface area contributed by atoms with Crippen molar-refractivity contribution in [3.05, 3.63) is 79.9 Å². The minimum atomic E-state index is 0.640. The van der Waals surface area contributed by atoms with Crippen LogP contribution in [0.2, 0.25) is 0 Å². The van der Waals surface area contributed by atoms with Gasteiger partial charge in [0.2, 0.25) is 0 Å². The summed E-state index contributed by atoms with van der Waals surface area (Å²) >= 11 is 0. The molecule has 1 aromatic carbocycles. The van der Waals surface area contributed by atoms with Crippen molar-refractivity contribution in [2.45, 2.75) is 0 Å². The molecular formula is C19H13N5. The molecular weight excluding hydrogens is 298 g/mol. The molecule has 24 heavy (non-hydrogen) atoms. The van der Waals surface area contributed by atoms with Crippen LogP contribution >= 0.6 is 0 Å². The van der Waals surface area contributed by atoms with Crippen molar-refractivity contribution in [3.63, 3.8) is 0 Å². The van der Waals surface area contributed by atoms with Crippen molar-refractivity contribution in [3.8, 4) is 33.6 Å². The smallest absolute Gasteiger partial charge is 0.162 e. The minimum absolute atomic E-state index is 0.640. The van der Waals surface area contributed by atoms with E-state index in [0.29, 0.717) is 5.82 Å². The summed E-state index contributed by atoms with van der Waals surface area (Å²) in [4.78, 5) is 20.8. The summed E-state index contributed by atoms with van der Waals surface area (Å²) in [7, 11) is 0. The van der Waals surface area contributed by atoms with Gasteiger partial charge in [-0.3, -0.25) is 9.97 Å². The van der Waals surface area contributed by atoms with Crippen molar-refractivity contribution in [1.82, 2.24) is 24.9 Å². The van der Waals surface area contributed by atoms with Gasteiger partial charge in [0.05, 0.1) is 0 Å². The second-order valence-corrected chi connectivity index (χ2v) is 5.24. The van der Waals surface area contributed by atoms with Gasteiger partial charge in [0.25, 0.3) is 0 Å². The lowest BCUT2D eigenvalue weighted by Gasteiger charge is -2.09. The summed E-state index contributed by atoms with van der Waals surface area (Å²) < 4.78 is 0. The molecule has 114 valence electrons. The van der Waals surface area contributed by atoms with Gasteiger partial charge in [-0.15, -0.1) is 0 Å². The second-order valence-electron chi connectivity index (χ2n) is 5.24. The molecule has 0 aliphatic heterocycles. The Bertz CT molecular complexity index is 801. The van der Waals surface area contributed by atoms with E-state index in [1.54, 1.807) is 12.4 Å². The highest BCUT2D eigenvalue weighted by Crippen LogP contribution is 2.30. The maximum absolute atomic E-state index is 4.27. The topological polar surface area (TPSA) is 64.5 Å². The lowest BCUT2D eigenvalue weighted by molar-refractivity contribution is 1.06. The Labute approximate surface area is 139 Å². The summed E-state index contributed by atoms with van der Waals surface area (Å²) in [6.45, 7) is 0. The van der Waals surface area contributed by atoms with Gasteiger partial charge in [0.15, 0.2) is 5.82 Å². The molecule has 0 atom stereocenters. The normalized spacial score (nSPS) is 10.5. The van der Waals surface area contributed by atoms with E-state index in [2.05, 4.69) is 43.1 Å². The van der Waals surface area contributed by atoms with E-state index in [-0.39, 0.29) is 0 Å². The largest absolute Gasteiger partial charge is 0.264 e. The Hall–Kier alpha value is -3.47. The van der Waals surface area contributed by atoms with Gasteiger partial charge in [-0.25, -0.2) is 15.0 Å². The molecule has 0 fully saturated rings. The molecule has 0 radical (unpaired) electrons. The Morgan fingerprint density at radius 3 is 1.58 bits per heavy atom. The Balaban J connectivity index is 1.92. The van der Waals surface area contributed by atoms with Crippen LogP contribution < -0.4 is 0 Å². The third-order valence-corrected chi connectivity index (χ3v) is 3.67. The molecule has 3 heterocycles. The Kier molecular flexibility index (Phi) is 3.73. The SMILES string of the molecule is c1cncc(-c2cc(-c3cccnc3)cc(-c3ncncn3)c2)c1. The quantitative estimate of drug-likeness (QED) is 0.577. The maximum Gasteiger partial charge on any atom is 0.162 e. The van der Waals surface area contributed by atoms with Crippen LogP contribution in [0.3, 0.4) is 0 Å². The molecule has 0 saturated heterocycles. The molecule has 0 N–H and O–H groups in total. The zero-order valence-electron chi connectivity index (χ0n) is 12.7. The van der Waals surface area contributed by atoms with Gasteiger partial charge in [-0.1, -0.05) is 12.1 Å². The van der Waals surface area contributed by atoms with Crippen LogP contribution in [0.25, 0.3) is 33.6 Å². The van der Waals surface area contributed by atoms with Crippen LogP contribution in [-0.2, 0) is 0 Å². The summed E-state index contributed by atoms with van der Waals surface area (Å²) in [6.07, 6.45) is 10.2. The summed E-state index contributed by atoms with van der Waals surface area (Å²) in [6, 6.07) is 14.2. The molecule has 0 unspecified atom stereocenters. The Morgan fingerprint density at radius 1 is 0.542 bits per heavy atom. The second kappa shape index (κ2) is 6.34. The standard InChI is InChI=1S/C19H13N5/c1-3-14(10-20-5-1)16-7-17(15-4-2-6-21-11-15)9-18(8-16)19-23-12-22-13-24-19/h1-13H. The first kappa shape index (κ1) is 14.1. The van der Waals surface area contributed by atoms with Crippen LogP contribution in [0.4, 0.5) is 0 Å². The molecule has 0 saturated carbocycles. The van der Waals surface area contributed by atoms with Crippen LogP contribution in [-0.4, -0.2) is 24.9 Å². The lowest BCUT2D eigenvalue weighted by atomic mass is 9.97. The van der Waals surface area contributed by atoms with Crippen molar-refractivity contribution in [2.75, 3.05) is 0 Å². The highest BCUT2D eigenvalue weighted by Gasteiger charge is 2.09. The van der Waals surface area contributed by atoms with Crippen molar-refractivity contribution >= 4 is 0 Å². The number of benzene rings is 1. The lowest BCUT2D eigenvalue weighted by Crippen LogP contribution is -1.91. The summed E-state index contributed by atoms with van der Waals surface area (Å²) in [5.41, 5.74) is 5.12. The highest BCUT2D eigenvalue weighted by molar-refractivity contribution is 5.78. The Morgan fingerprint density at radius 2 is 1.08 bits per heavy atom. The van der Waals surface area contributed by atoms with E-state index < -0.39 is 0 Å². The zero-order chi connectivity index (χ0) is 16.2. The van der Waals surface area contributed by atoms with Crippen LogP contribution in [0.1, 0.15) is 0 Å². The molecule has 0 aliphatic rings. The predicted octanol–water partition coefficient (Wildman–Crippen LogP) is 3.66. The fourth-order valence-electron chi connectivity index (χ4n) is 2.55. The number of nitrogens with zero attached hydrogens (tertiary/aromatic N) is 5. The van der Waals surface area contributed by atoms with Crippen molar-refractivity contribution in [2.24, 2.45) is 0 Å². The molecule has 0 spiro atoms. The van der Waals surface area contributed by atoms with Crippen molar-refractivity contribution < 1.29 is 0 Å². The third kappa shape index (κ3) is 2.87. The highest BCUT2D eigenvalue weighted by atomic mass is 15.0. The van der Waals surface area contributed by atoms with E-state index in [4.69, 9.17) is 0 Å². The van der Waals surface area contributed by atoms with Gasteiger partial charge in [-0.05, 0) is 41.5 Å². The molecule has 5 nitrogen and oxygen atoms in total. The van der Waals surface area contributed by atoms with Gasteiger partial charge >= 0.3 is 0 Å². The van der Waals surface area contributed by atoms with E-state index in [9.17, 15) is 0 Å². The van der Waals surface area contributed by atoms with E-state index in [1.165, 1.54) is 12.7 Å². The van der Waals surface area contributed by atoms with Crippen LogP contribution in [0.15, 0.2) is 79.9 Å². The summed E-state index contributed by atoms with van der Waals surface area (Å²) in [5.74, 6) is 0.640. The predicted molar refractivity (Wildman–Crippen MR) is 91.7 cm³/mol. The van der Waals surface area contributed by atoms with E-state index >= 15 is 0 Å². The van der Waals surface area contributed by atoms with Crippen LogP contribution in [0.5, 0.6) is 0 Å². The molecule has 4 rings (SSSR count). The number of hydrogen-bond acceptors (Lipinski definition) is 5. The minimum Gasteiger partial charge on any atom is -0.264 e. The average Bonchev–Trinajstić information content (AvgIpc) is 2.70. The van der Waals surface area contributed by atoms with Crippen molar-refractivity contribution in [1.29, 1.82) is 0 Å². The monoisotopic (exact) mass is 311 g/mol. The molecule has 0 amide bonds. The fourth-order valence-corrected chi connectivity index (χ4v) is 2.55. The first-order chi connectivity index (χ1) is 11.9. The fraction of sp³-hybridized carbons (Fsp3) is 0. The summed E-state index contributed by atoms with van der Waals surface area (Å²) in [5, 5.41) is 0.